The van der Waals surface area contributed by atoms with Crippen molar-refractivity contribution < 1.29 is 9.94 Å². The summed E-state index contributed by atoms with van der Waals surface area (Å²) in [6, 6.07) is 12.3. The lowest BCUT2D eigenvalue weighted by Crippen LogP contribution is -2.11. The van der Waals surface area contributed by atoms with E-state index in [9.17, 15) is 5.21 Å². The van der Waals surface area contributed by atoms with Crippen LogP contribution >= 0.6 is 0 Å². The van der Waals surface area contributed by atoms with Crippen molar-refractivity contribution in [3.05, 3.63) is 42.0 Å². The van der Waals surface area contributed by atoms with Gasteiger partial charge in [0.1, 0.15) is 5.75 Å². The first-order chi connectivity index (χ1) is 8.69. The van der Waals surface area contributed by atoms with E-state index in [-0.39, 0.29) is 0 Å². The van der Waals surface area contributed by atoms with Crippen LogP contribution in [0.3, 0.4) is 0 Å². The molecule has 0 heterocycles. The van der Waals surface area contributed by atoms with Crippen molar-refractivity contribution in [3.63, 3.8) is 0 Å². The Balaban J connectivity index is 2.28. The number of hydroxylamine groups is 2. The van der Waals surface area contributed by atoms with E-state index in [1.165, 1.54) is 10.4 Å². The van der Waals surface area contributed by atoms with E-state index in [0.29, 0.717) is 6.54 Å². The van der Waals surface area contributed by atoms with E-state index in [1.54, 1.807) is 7.05 Å². The number of benzene rings is 2. The summed E-state index contributed by atoms with van der Waals surface area (Å²) in [5.41, 5.74) is 1.08. The van der Waals surface area contributed by atoms with Crippen LogP contribution in [0.25, 0.3) is 10.8 Å². The van der Waals surface area contributed by atoms with Crippen LogP contribution in [0.2, 0.25) is 0 Å². The predicted molar refractivity (Wildman–Crippen MR) is 73.0 cm³/mol. The van der Waals surface area contributed by atoms with Gasteiger partial charge >= 0.3 is 0 Å². The van der Waals surface area contributed by atoms with Gasteiger partial charge in [-0.05, 0) is 41.0 Å². The zero-order valence-corrected chi connectivity index (χ0v) is 10.9. The van der Waals surface area contributed by atoms with E-state index in [0.717, 1.165) is 29.7 Å². The maximum absolute atomic E-state index is 9.26. The second kappa shape index (κ2) is 5.85. The summed E-state index contributed by atoms with van der Waals surface area (Å²) >= 11 is 0. The van der Waals surface area contributed by atoms with Gasteiger partial charge in [0.05, 0.1) is 6.61 Å². The molecule has 0 aliphatic rings. The normalized spacial score (nSPS) is 11.1. The summed E-state index contributed by atoms with van der Waals surface area (Å²) in [5, 5.41) is 12.8. The minimum atomic E-state index is 0.524. The zero-order valence-electron chi connectivity index (χ0n) is 10.9. The van der Waals surface area contributed by atoms with Crippen molar-refractivity contribution in [2.24, 2.45) is 0 Å². The SMILES string of the molecule is CCCOc1ccc2ccc(CN(C)O)cc2c1. The Hall–Kier alpha value is -1.58. The molecule has 0 amide bonds. The topological polar surface area (TPSA) is 32.7 Å². The number of hydrogen-bond donors (Lipinski definition) is 1. The lowest BCUT2D eigenvalue weighted by atomic mass is 10.1. The molecule has 3 heteroatoms. The molecule has 96 valence electrons. The van der Waals surface area contributed by atoms with Crippen LogP contribution in [0.1, 0.15) is 18.9 Å². The summed E-state index contributed by atoms with van der Waals surface area (Å²) in [4.78, 5) is 0. The molecule has 0 spiro atoms. The third kappa shape index (κ3) is 3.22. The van der Waals surface area contributed by atoms with Crippen LogP contribution in [0, 0.1) is 0 Å². The summed E-state index contributed by atoms with van der Waals surface area (Å²) in [7, 11) is 1.64. The molecule has 0 aliphatic heterocycles. The molecule has 0 unspecified atom stereocenters. The molecule has 2 rings (SSSR count). The van der Waals surface area contributed by atoms with Crippen LogP contribution in [0.5, 0.6) is 5.75 Å². The van der Waals surface area contributed by atoms with Crippen molar-refractivity contribution >= 4 is 10.8 Å². The molecule has 0 atom stereocenters. The largest absolute Gasteiger partial charge is 0.494 e. The van der Waals surface area contributed by atoms with Crippen LogP contribution < -0.4 is 4.74 Å². The van der Waals surface area contributed by atoms with Crippen LogP contribution in [-0.2, 0) is 6.54 Å². The second-order valence-corrected chi connectivity index (χ2v) is 4.51. The molecule has 0 radical (unpaired) electrons. The van der Waals surface area contributed by atoms with Crippen molar-refractivity contribution in [2.75, 3.05) is 13.7 Å². The Morgan fingerprint density at radius 3 is 2.61 bits per heavy atom. The van der Waals surface area contributed by atoms with Crippen molar-refractivity contribution in [1.29, 1.82) is 0 Å². The average Bonchev–Trinajstić information content (AvgIpc) is 2.35. The fourth-order valence-electron chi connectivity index (χ4n) is 1.95. The number of hydrogen-bond acceptors (Lipinski definition) is 3. The quantitative estimate of drug-likeness (QED) is 0.819. The van der Waals surface area contributed by atoms with E-state index >= 15 is 0 Å². The van der Waals surface area contributed by atoms with Gasteiger partial charge < -0.3 is 9.94 Å². The maximum atomic E-state index is 9.26. The highest BCUT2D eigenvalue weighted by Crippen LogP contribution is 2.22. The van der Waals surface area contributed by atoms with Crippen LogP contribution in [0.4, 0.5) is 0 Å². The van der Waals surface area contributed by atoms with Crippen molar-refractivity contribution in [3.8, 4) is 5.75 Å². The molecule has 0 saturated carbocycles. The number of ether oxygens (including phenoxy) is 1. The van der Waals surface area contributed by atoms with Crippen LogP contribution in [0.15, 0.2) is 36.4 Å². The second-order valence-electron chi connectivity index (χ2n) is 4.51. The van der Waals surface area contributed by atoms with E-state index in [4.69, 9.17) is 4.74 Å². The van der Waals surface area contributed by atoms with Gasteiger partial charge in [-0.2, -0.15) is 5.06 Å². The Bertz CT molecular complexity index is 523. The zero-order chi connectivity index (χ0) is 13.0. The number of rotatable bonds is 5. The summed E-state index contributed by atoms with van der Waals surface area (Å²) in [6.07, 6.45) is 1.01. The van der Waals surface area contributed by atoms with Gasteiger partial charge in [0.15, 0.2) is 0 Å². The fourth-order valence-corrected chi connectivity index (χ4v) is 1.95. The molecule has 2 aromatic rings. The highest BCUT2D eigenvalue weighted by atomic mass is 16.5. The Labute approximate surface area is 108 Å². The first-order valence-electron chi connectivity index (χ1n) is 6.24. The van der Waals surface area contributed by atoms with Crippen molar-refractivity contribution in [1.82, 2.24) is 5.06 Å². The summed E-state index contributed by atoms with van der Waals surface area (Å²) in [6.45, 7) is 3.36. The first-order valence-corrected chi connectivity index (χ1v) is 6.24. The highest BCUT2D eigenvalue weighted by molar-refractivity contribution is 5.84. The van der Waals surface area contributed by atoms with E-state index in [1.807, 2.05) is 18.2 Å². The Morgan fingerprint density at radius 2 is 1.89 bits per heavy atom. The molecule has 0 aliphatic carbocycles. The molecule has 0 aromatic heterocycles. The minimum Gasteiger partial charge on any atom is -0.494 e. The average molecular weight is 245 g/mol. The van der Waals surface area contributed by atoms with Gasteiger partial charge in [0.25, 0.3) is 0 Å². The monoisotopic (exact) mass is 245 g/mol. The minimum absolute atomic E-state index is 0.524. The van der Waals surface area contributed by atoms with Gasteiger partial charge in [-0.25, -0.2) is 0 Å². The molecule has 0 saturated heterocycles. The third-order valence-corrected chi connectivity index (χ3v) is 2.76. The Morgan fingerprint density at radius 1 is 1.11 bits per heavy atom. The third-order valence-electron chi connectivity index (χ3n) is 2.76. The molecule has 0 fully saturated rings. The maximum Gasteiger partial charge on any atom is 0.119 e. The predicted octanol–water partition coefficient (Wildman–Crippen LogP) is 3.45. The van der Waals surface area contributed by atoms with E-state index < -0.39 is 0 Å². The first kappa shape index (κ1) is 12.9. The molecule has 3 nitrogen and oxygen atoms in total. The summed E-state index contributed by atoms with van der Waals surface area (Å²) < 4.78 is 5.62. The number of nitrogens with zero attached hydrogens (tertiary/aromatic N) is 1. The lowest BCUT2D eigenvalue weighted by molar-refractivity contribution is -0.0731. The lowest BCUT2D eigenvalue weighted by Gasteiger charge is -2.10. The smallest absolute Gasteiger partial charge is 0.119 e. The summed E-state index contributed by atoms with van der Waals surface area (Å²) in [5.74, 6) is 0.902. The van der Waals surface area contributed by atoms with Gasteiger partial charge in [0.2, 0.25) is 0 Å². The molecule has 0 bridgehead atoms. The molecular formula is C15H19NO2. The van der Waals surface area contributed by atoms with Gasteiger partial charge in [-0.3, -0.25) is 0 Å². The van der Waals surface area contributed by atoms with Crippen LogP contribution in [-0.4, -0.2) is 23.9 Å². The van der Waals surface area contributed by atoms with Gasteiger partial charge in [-0.1, -0.05) is 25.1 Å². The highest BCUT2D eigenvalue weighted by Gasteiger charge is 2.01. The van der Waals surface area contributed by atoms with Crippen molar-refractivity contribution in [2.45, 2.75) is 19.9 Å². The molecular weight excluding hydrogens is 226 g/mol. The van der Waals surface area contributed by atoms with Gasteiger partial charge in [-0.15, -0.1) is 0 Å². The molecule has 2 aromatic carbocycles. The fraction of sp³-hybridized carbons (Fsp3) is 0.333. The standard InChI is InChI=1S/C15H19NO2/c1-3-8-18-15-7-6-13-5-4-12(11-16(2)17)9-14(13)10-15/h4-7,9-10,17H,3,8,11H2,1-2H3. The molecule has 18 heavy (non-hydrogen) atoms. The Kier molecular flexibility index (Phi) is 4.18. The molecule has 1 N–H and O–H groups in total. The van der Waals surface area contributed by atoms with E-state index in [2.05, 4.69) is 25.1 Å². The van der Waals surface area contributed by atoms with Gasteiger partial charge in [0, 0.05) is 13.6 Å². The number of fused-ring (bicyclic) bond motifs is 1.